The topological polar surface area (TPSA) is 117 Å². The standard InChI is InChI=1S/C12H19N3O4S/c1-18-12(2-3-19-8-12)7-15-10-4-9(13)5-11(6-10)20(14,16)17/h4-6,15H,2-3,7-8,13H2,1H3,(H2,14,16,17). The first-order valence-electron chi connectivity index (χ1n) is 6.15. The van der Waals surface area contributed by atoms with Crippen LogP contribution in [0, 0.1) is 0 Å². The van der Waals surface area contributed by atoms with Gasteiger partial charge in [-0.05, 0) is 18.2 Å². The molecular weight excluding hydrogens is 282 g/mol. The monoisotopic (exact) mass is 301 g/mol. The molecular formula is C12H19N3O4S. The number of nitrogens with two attached hydrogens (primary N) is 2. The lowest BCUT2D eigenvalue weighted by atomic mass is 10.0. The molecule has 0 radical (unpaired) electrons. The largest absolute Gasteiger partial charge is 0.399 e. The first-order valence-corrected chi connectivity index (χ1v) is 7.69. The lowest BCUT2D eigenvalue weighted by molar-refractivity contribution is -0.00620. The molecule has 1 aromatic rings. The summed E-state index contributed by atoms with van der Waals surface area (Å²) in [5.74, 6) is 0. The van der Waals surface area contributed by atoms with Gasteiger partial charge < -0.3 is 20.5 Å². The van der Waals surface area contributed by atoms with Crippen LogP contribution < -0.4 is 16.2 Å². The summed E-state index contributed by atoms with van der Waals surface area (Å²) >= 11 is 0. The minimum absolute atomic E-state index is 0.0193. The third-order valence-corrected chi connectivity index (χ3v) is 4.26. The summed E-state index contributed by atoms with van der Waals surface area (Å²) in [6.45, 7) is 1.65. The molecule has 1 aliphatic rings. The molecule has 1 heterocycles. The maximum atomic E-state index is 11.4. The molecule has 1 saturated heterocycles. The van der Waals surface area contributed by atoms with E-state index >= 15 is 0 Å². The minimum Gasteiger partial charge on any atom is -0.399 e. The number of anilines is 2. The Morgan fingerprint density at radius 3 is 2.75 bits per heavy atom. The van der Waals surface area contributed by atoms with Crippen molar-refractivity contribution in [3.63, 3.8) is 0 Å². The van der Waals surface area contributed by atoms with Crippen LogP contribution in [0.15, 0.2) is 23.1 Å². The van der Waals surface area contributed by atoms with E-state index in [1.165, 1.54) is 12.1 Å². The van der Waals surface area contributed by atoms with Gasteiger partial charge in [-0.25, -0.2) is 13.6 Å². The van der Waals surface area contributed by atoms with Gasteiger partial charge in [0.2, 0.25) is 10.0 Å². The molecule has 20 heavy (non-hydrogen) atoms. The zero-order valence-electron chi connectivity index (χ0n) is 11.3. The SMILES string of the molecule is COC1(CNc2cc(N)cc(S(N)(=O)=O)c2)CCOC1. The minimum atomic E-state index is -3.78. The molecule has 1 atom stereocenters. The van der Waals surface area contributed by atoms with Gasteiger partial charge in [0, 0.05) is 38.1 Å². The predicted octanol–water partition coefficient (Wildman–Crippen LogP) is 0.134. The second kappa shape index (κ2) is 5.57. The molecule has 0 amide bonds. The smallest absolute Gasteiger partial charge is 0.238 e. The number of hydrogen-bond donors (Lipinski definition) is 3. The van der Waals surface area contributed by atoms with Crippen LogP contribution >= 0.6 is 0 Å². The van der Waals surface area contributed by atoms with E-state index in [0.717, 1.165) is 6.42 Å². The van der Waals surface area contributed by atoms with Crippen LogP contribution in [0.2, 0.25) is 0 Å². The highest BCUT2D eigenvalue weighted by Gasteiger charge is 2.34. The van der Waals surface area contributed by atoms with Crippen molar-refractivity contribution in [2.24, 2.45) is 5.14 Å². The maximum absolute atomic E-state index is 11.4. The Labute approximate surface area is 118 Å². The van der Waals surface area contributed by atoms with Gasteiger partial charge in [-0.1, -0.05) is 0 Å². The zero-order valence-corrected chi connectivity index (χ0v) is 12.1. The Hall–Kier alpha value is -1.35. The highest BCUT2D eigenvalue weighted by Crippen LogP contribution is 2.25. The van der Waals surface area contributed by atoms with E-state index in [0.29, 0.717) is 31.1 Å². The summed E-state index contributed by atoms with van der Waals surface area (Å²) in [5, 5.41) is 8.24. The fourth-order valence-corrected chi connectivity index (χ4v) is 2.70. The molecule has 0 bridgehead atoms. The second-order valence-electron chi connectivity index (χ2n) is 4.88. The van der Waals surface area contributed by atoms with E-state index in [1.54, 1.807) is 13.2 Å². The number of nitrogens with one attached hydrogen (secondary N) is 1. The van der Waals surface area contributed by atoms with Gasteiger partial charge in [0.1, 0.15) is 5.60 Å². The number of nitrogen functional groups attached to an aromatic ring is 1. The molecule has 5 N–H and O–H groups in total. The molecule has 1 fully saturated rings. The van der Waals surface area contributed by atoms with Crippen molar-refractivity contribution in [1.82, 2.24) is 0 Å². The highest BCUT2D eigenvalue weighted by molar-refractivity contribution is 7.89. The van der Waals surface area contributed by atoms with E-state index in [1.807, 2.05) is 0 Å². The van der Waals surface area contributed by atoms with E-state index in [2.05, 4.69) is 5.32 Å². The molecule has 0 aromatic heterocycles. The Morgan fingerprint density at radius 2 is 2.20 bits per heavy atom. The molecule has 0 aliphatic carbocycles. The van der Waals surface area contributed by atoms with Crippen molar-refractivity contribution in [1.29, 1.82) is 0 Å². The first-order chi connectivity index (χ1) is 9.35. The van der Waals surface area contributed by atoms with E-state index < -0.39 is 15.6 Å². The average molecular weight is 301 g/mol. The van der Waals surface area contributed by atoms with E-state index in [-0.39, 0.29) is 4.90 Å². The quantitative estimate of drug-likeness (QED) is 0.666. The fraction of sp³-hybridized carbons (Fsp3) is 0.500. The Morgan fingerprint density at radius 1 is 1.45 bits per heavy atom. The van der Waals surface area contributed by atoms with Crippen molar-refractivity contribution in [3.05, 3.63) is 18.2 Å². The molecule has 7 nitrogen and oxygen atoms in total. The van der Waals surface area contributed by atoms with Crippen molar-refractivity contribution in [3.8, 4) is 0 Å². The van der Waals surface area contributed by atoms with E-state index in [9.17, 15) is 8.42 Å². The van der Waals surface area contributed by atoms with Gasteiger partial charge in [-0.3, -0.25) is 0 Å². The lowest BCUT2D eigenvalue weighted by Crippen LogP contribution is -2.39. The van der Waals surface area contributed by atoms with E-state index in [4.69, 9.17) is 20.3 Å². The molecule has 2 rings (SSSR count). The van der Waals surface area contributed by atoms with Gasteiger partial charge in [-0.2, -0.15) is 0 Å². The lowest BCUT2D eigenvalue weighted by Gasteiger charge is -2.26. The highest BCUT2D eigenvalue weighted by atomic mass is 32.2. The molecule has 0 saturated carbocycles. The summed E-state index contributed by atoms with van der Waals surface area (Å²) in [4.78, 5) is -0.0193. The van der Waals surface area contributed by atoms with Crippen molar-refractivity contribution >= 4 is 21.4 Å². The summed E-state index contributed by atoms with van der Waals surface area (Å²) in [5.41, 5.74) is 6.20. The van der Waals surface area contributed by atoms with Gasteiger partial charge >= 0.3 is 0 Å². The average Bonchev–Trinajstić information content (AvgIpc) is 2.84. The second-order valence-corrected chi connectivity index (χ2v) is 6.44. The third-order valence-electron chi connectivity index (χ3n) is 3.37. The van der Waals surface area contributed by atoms with Crippen LogP contribution in [0.1, 0.15) is 6.42 Å². The number of sulfonamides is 1. The van der Waals surface area contributed by atoms with Crippen LogP contribution in [0.4, 0.5) is 11.4 Å². The number of hydrogen-bond acceptors (Lipinski definition) is 6. The van der Waals surface area contributed by atoms with Crippen LogP contribution in [-0.4, -0.2) is 40.9 Å². The zero-order chi connectivity index (χ0) is 14.8. The molecule has 1 aromatic carbocycles. The molecule has 1 aliphatic heterocycles. The van der Waals surface area contributed by atoms with Crippen molar-refractivity contribution < 1.29 is 17.9 Å². The summed E-state index contributed by atoms with van der Waals surface area (Å²) in [6, 6.07) is 4.42. The van der Waals surface area contributed by atoms with Crippen LogP contribution in [0.3, 0.4) is 0 Å². The predicted molar refractivity (Wildman–Crippen MR) is 75.9 cm³/mol. The van der Waals surface area contributed by atoms with Gasteiger partial charge in [0.15, 0.2) is 0 Å². The summed E-state index contributed by atoms with van der Waals surface area (Å²) in [6.07, 6.45) is 0.779. The first kappa shape index (κ1) is 15.0. The summed E-state index contributed by atoms with van der Waals surface area (Å²) in [7, 11) is -2.15. The van der Waals surface area contributed by atoms with Crippen molar-refractivity contribution in [2.75, 3.05) is 37.9 Å². The fourth-order valence-electron chi connectivity index (χ4n) is 2.11. The van der Waals surface area contributed by atoms with Crippen LogP contribution in [0.5, 0.6) is 0 Å². The Kier molecular flexibility index (Phi) is 4.19. The number of primary sulfonamides is 1. The van der Waals surface area contributed by atoms with Gasteiger partial charge in [-0.15, -0.1) is 0 Å². The Bertz CT molecular complexity index is 582. The summed E-state index contributed by atoms with van der Waals surface area (Å²) < 4.78 is 33.6. The van der Waals surface area contributed by atoms with Crippen LogP contribution in [0.25, 0.3) is 0 Å². The third kappa shape index (κ3) is 3.40. The van der Waals surface area contributed by atoms with Crippen LogP contribution in [-0.2, 0) is 19.5 Å². The molecule has 112 valence electrons. The number of rotatable bonds is 5. The van der Waals surface area contributed by atoms with Gasteiger partial charge in [0.05, 0.1) is 11.5 Å². The Balaban J connectivity index is 2.15. The van der Waals surface area contributed by atoms with Crippen molar-refractivity contribution in [2.45, 2.75) is 16.9 Å². The molecule has 0 spiro atoms. The number of ether oxygens (including phenoxy) is 2. The molecule has 8 heteroatoms. The maximum Gasteiger partial charge on any atom is 0.238 e. The normalized spacial score (nSPS) is 22.9. The van der Waals surface area contributed by atoms with Gasteiger partial charge in [0.25, 0.3) is 0 Å². The number of methoxy groups -OCH3 is 1. The number of benzene rings is 1. The molecule has 1 unspecified atom stereocenters.